The number of nitrogens with zero attached hydrogens (tertiary/aromatic N) is 3. The molecule has 1 amide bonds. The second-order valence-corrected chi connectivity index (χ2v) is 2.74. The first-order chi connectivity index (χ1) is 6.13. The summed E-state index contributed by atoms with van der Waals surface area (Å²) in [6.45, 7) is 5.60. The van der Waals surface area contributed by atoms with Crippen LogP contribution in [0.25, 0.3) is 0 Å². The number of hydrogen-bond acceptors (Lipinski definition) is 3. The summed E-state index contributed by atoms with van der Waals surface area (Å²) < 4.78 is 0. The Kier molecular flexibility index (Phi) is 2.79. The minimum absolute atomic E-state index is 0.137. The minimum Gasteiger partial charge on any atom is -0.335 e. The van der Waals surface area contributed by atoms with Crippen molar-refractivity contribution in [3.05, 3.63) is 24.3 Å². The van der Waals surface area contributed by atoms with Crippen molar-refractivity contribution in [2.24, 2.45) is 0 Å². The molecule has 1 N–H and O–H groups in total. The van der Waals surface area contributed by atoms with Crippen LogP contribution in [0.5, 0.6) is 0 Å². The van der Waals surface area contributed by atoms with Gasteiger partial charge in [-0.2, -0.15) is 5.10 Å². The maximum Gasteiger partial charge on any atom is 0.246 e. The van der Waals surface area contributed by atoms with Gasteiger partial charge in [-0.3, -0.25) is 9.89 Å². The standard InChI is InChI=1S/C8H12N4O/c1-4-8(13)12(3)5-7-9-6(2)10-11-7/h4H,1,5H2,2-3H3,(H,9,10,11). The van der Waals surface area contributed by atoms with Gasteiger partial charge < -0.3 is 4.90 Å². The topological polar surface area (TPSA) is 61.9 Å². The van der Waals surface area contributed by atoms with Crippen LogP contribution in [-0.2, 0) is 11.3 Å². The molecule has 5 heteroatoms. The Morgan fingerprint density at radius 2 is 2.46 bits per heavy atom. The second kappa shape index (κ2) is 3.84. The third-order valence-corrected chi connectivity index (χ3v) is 1.57. The van der Waals surface area contributed by atoms with E-state index in [0.29, 0.717) is 12.4 Å². The van der Waals surface area contributed by atoms with Crippen LogP contribution < -0.4 is 0 Å². The van der Waals surface area contributed by atoms with E-state index in [1.54, 1.807) is 7.05 Å². The number of hydrogen-bond donors (Lipinski definition) is 1. The Labute approximate surface area is 76.5 Å². The summed E-state index contributed by atoms with van der Waals surface area (Å²) in [6.07, 6.45) is 1.26. The average Bonchev–Trinajstić information content (AvgIpc) is 2.49. The van der Waals surface area contributed by atoms with Gasteiger partial charge >= 0.3 is 0 Å². The van der Waals surface area contributed by atoms with Gasteiger partial charge in [-0.15, -0.1) is 0 Å². The first kappa shape index (κ1) is 9.44. The largest absolute Gasteiger partial charge is 0.335 e. The Bertz CT molecular complexity index is 318. The van der Waals surface area contributed by atoms with Crippen LogP contribution in [-0.4, -0.2) is 33.0 Å². The van der Waals surface area contributed by atoms with E-state index in [2.05, 4.69) is 21.8 Å². The molecule has 0 atom stereocenters. The molecule has 1 rings (SSSR count). The Morgan fingerprint density at radius 3 is 2.92 bits per heavy atom. The monoisotopic (exact) mass is 180 g/mol. The number of H-pyrrole nitrogens is 1. The number of amides is 1. The molecule has 0 radical (unpaired) electrons. The zero-order chi connectivity index (χ0) is 9.84. The first-order valence-corrected chi connectivity index (χ1v) is 3.89. The van der Waals surface area contributed by atoms with Gasteiger partial charge in [0.2, 0.25) is 5.91 Å². The van der Waals surface area contributed by atoms with E-state index < -0.39 is 0 Å². The number of carbonyl (C=O) groups is 1. The van der Waals surface area contributed by atoms with Gasteiger partial charge in [-0.25, -0.2) is 4.98 Å². The smallest absolute Gasteiger partial charge is 0.246 e. The van der Waals surface area contributed by atoms with E-state index in [1.807, 2.05) is 6.92 Å². The van der Waals surface area contributed by atoms with Crippen LogP contribution in [0.3, 0.4) is 0 Å². The Balaban J connectivity index is 2.59. The lowest BCUT2D eigenvalue weighted by atomic mass is 10.4. The maximum absolute atomic E-state index is 11.1. The third kappa shape index (κ3) is 2.40. The van der Waals surface area contributed by atoms with E-state index in [4.69, 9.17) is 0 Å². The van der Waals surface area contributed by atoms with E-state index in [1.165, 1.54) is 11.0 Å². The molecule has 13 heavy (non-hydrogen) atoms. The van der Waals surface area contributed by atoms with Gasteiger partial charge in [-0.1, -0.05) is 6.58 Å². The highest BCUT2D eigenvalue weighted by Crippen LogP contribution is 1.96. The number of rotatable bonds is 3. The molecule has 1 heterocycles. The second-order valence-electron chi connectivity index (χ2n) is 2.74. The molecule has 0 spiro atoms. The fraction of sp³-hybridized carbons (Fsp3) is 0.375. The highest BCUT2D eigenvalue weighted by molar-refractivity contribution is 5.86. The minimum atomic E-state index is -0.137. The molecule has 1 aromatic heterocycles. The summed E-state index contributed by atoms with van der Waals surface area (Å²) in [6, 6.07) is 0. The zero-order valence-corrected chi connectivity index (χ0v) is 7.74. The molecule has 0 saturated carbocycles. The average molecular weight is 180 g/mol. The van der Waals surface area contributed by atoms with Crippen molar-refractivity contribution in [2.45, 2.75) is 13.5 Å². The molecule has 0 unspecified atom stereocenters. The molecule has 0 aromatic carbocycles. The van der Waals surface area contributed by atoms with Crippen molar-refractivity contribution in [1.29, 1.82) is 0 Å². The normalized spacial score (nSPS) is 9.69. The molecule has 70 valence electrons. The van der Waals surface area contributed by atoms with Gasteiger partial charge in [-0.05, 0) is 13.0 Å². The quantitative estimate of drug-likeness (QED) is 0.678. The number of nitrogens with one attached hydrogen (secondary N) is 1. The highest BCUT2D eigenvalue weighted by atomic mass is 16.2. The Morgan fingerprint density at radius 1 is 1.77 bits per heavy atom. The van der Waals surface area contributed by atoms with Crippen LogP contribution in [0.4, 0.5) is 0 Å². The summed E-state index contributed by atoms with van der Waals surface area (Å²) >= 11 is 0. The van der Waals surface area contributed by atoms with Gasteiger partial charge in [0, 0.05) is 7.05 Å². The number of aromatic amines is 1. The lowest BCUT2D eigenvalue weighted by Crippen LogP contribution is -2.24. The van der Waals surface area contributed by atoms with E-state index >= 15 is 0 Å². The van der Waals surface area contributed by atoms with Crippen LogP contribution >= 0.6 is 0 Å². The molecule has 0 aliphatic carbocycles. The SMILES string of the molecule is C=CC(=O)N(C)Cc1n[nH]c(C)n1. The van der Waals surface area contributed by atoms with Crippen molar-refractivity contribution in [1.82, 2.24) is 20.1 Å². The fourth-order valence-electron chi connectivity index (χ4n) is 0.906. The fourth-order valence-corrected chi connectivity index (χ4v) is 0.906. The van der Waals surface area contributed by atoms with Crippen molar-refractivity contribution < 1.29 is 4.79 Å². The molecular formula is C8H12N4O. The van der Waals surface area contributed by atoms with E-state index in [0.717, 1.165) is 5.82 Å². The summed E-state index contributed by atoms with van der Waals surface area (Å²) in [5.41, 5.74) is 0. The lowest BCUT2D eigenvalue weighted by molar-refractivity contribution is -0.125. The molecule has 0 aliphatic heterocycles. The predicted molar refractivity (Wildman–Crippen MR) is 47.8 cm³/mol. The number of carbonyl (C=O) groups excluding carboxylic acids is 1. The van der Waals surface area contributed by atoms with Crippen molar-refractivity contribution in [3.63, 3.8) is 0 Å². The van der Waals surface area contributed by atoms with Crippen molar-refractivity contribution >= 4 is 5.91 Å². The number of aryl methyl sites for hydroxylation is 1. The lowest BCUT2D eigenvalue weighted by Gasteiger charge is -2.11. The van der Waals surface area contributed by atoms with Gasteiger partial charge in [0.05, 0.1) is 6.54 Å². The molecule has 5 nitrogen and oxygen atoms in total. The molecule has 0 saturated heterocycles. The first-order valence-electron chi connectivity index (χ1n) is 3.89. The van der Waals surface area contributed by atoms with Crippen LogP contribution in [0.15, 0.2) is 12.7 Å². The van der Waals surface area contributed by atoms with Gasteiger partial charge in [0.25, 0.3) is 0 Å². The highest BCUT2D eigenvalue weighted by Gasteiger charge is 2.07. The molecular weight excluding hydrogens is 168 g/mol. The Hall–Kier alpha value is -1.65. The van der Waals surface area contributed by atoms with Crippen molar-refractivity contribution in [3.8, 4) is 0 Å². The third-order valence-electron chi connectivity index (χ3n) is 1.57. The summed E-state index contributed by atoms with van der Waals surface area (Å²) in [4.78, 5) is 16.6. The summed E-state index contributed by atoms with van der Waals surface area (Å²) in [5, 5.41) is 6.61. The summed E-state index contributed by atoms with van der Waals surface area (Å²) in [7, 11) is 1.68. The summed E-state index contributed by atoms with van der Waals surface area (Å²) in [5.74, 6) is 1.21. The molecule has 0 aliphatic rings. The van der Waals surface area contributed by atoms with Crippen LogP contribution in [0, 0.1) is 6.92 Å². The number of aromatic nitrogens is 3. The van der Waals surface area contributed by atoms with E-state index in [9.17, 15) is 4.79 Å². The number of likely N-dealkylation sites (N-methyl/N-ethyl adjacent to an activating group) is 1. The van der Waals surface area contributed by atoms with Crippen LogP contribution in [0.2, 0.25) is 0 Å². The van der Waals surface area contributed by atoms with Crippen LogP contribution in [0.1, 0.15) is 11.6 Å². The van der Waals surface area contributed by atoms with E-state index in [-0.39, 0.29) is 5.91 Å². The molecule has 0 fully saturated rings. The zero-order valence-electron chi connectivity index (χ0n) is 7.74. The van der Waals surface area contributed by atoms with Gasteiger partial charge in [0.15, 0.2) is 5.82 Å². The predicted octanol–water partition coefficient (Wildman–Crippen LogP) is 0.258. The molecule has 1 aromatic rings. The van der Waals surface area contributed by atoms with Crippen molar-refractivity contribution in [2.75, 3.05) is 7.05 Å². The molecule has 0 bridgehead atoms. The van der Waals surface area contributed by atoms with Gasteiger partial charge in [0.1, 0.15) is 5.82 Å². The maximum atomic E-state index is 11.1.